The molecule has 1 heterocycles. The van der Waals surface area contributed by atoms with Gasteiger partial charge in [0.05, 0.1) is 17.5 Å². The number of aryl methyl sites for hydroxylation is 2. The molecule has 1 rings (SSSR count). The van der Waals surface area contributed by atoms with Crippen LogP contribution in [0.1, 0.15) is 25.2 Å². The molecule has 0 bridgehead atoms. The van der Waals surface area contributed by atoms with Gasteiger partial charge in [0.2, 0.25) is 10.0 Å². The van der Waals surface area contributed by atoms with Gasteiger partial charge >= 0.3 is 0 Å². The molecule has 0 aliphatic heterocycles. The summed E-state index contributed by atoms with van der Waals surface area (Å²) in [5.74, 6) is -0.0812. The fraction of sp³-hybridized carbons (Fsp3) is 0.636. The minimum absolute atomic E-state index is 0.0812. The van der Waals surface area contributed by atoms with Gasteiger partial charge in [0, 0.05) is 7.05 Å². The summed E-state index contributed by atoms with van der Waals surface area (Å²) in [4.78, 5) is 0.158. The van der Waals surface area contributed by atoms with Gasteiger partial charge in [-0.25, -0.2) is 8.42 Å². The first kappa shape index (κ1) is 14.7. The molecule has 0 saturated heterocycles. The fourth-order valence-electron chi connectivity index (χ4n) is 1.86. The average Bonchev–Trinajstić information content (AvgIpc) is 2.59. The third kappa shape index (κ3) is 2.40. The lowest BCUT2D eigenvalue weighted by Gasteiger charge is -2.24. The molecule has 1 aromatic rings. The maximum Gasteiger partial charge on any atom is 0.247 e. The molecule has 1 N–H and O–H groups in total. The quantitative estimate of drug-likeness (QED) is 0.890. The van der Waals surface area contributed by atoms with Crippen molar-refractivity contribution in [2.24, 2.45) is 5.92 Å². The van der Waals surface area contributed by atoms with Crippen LogP contribution in [0.15, 0.2) is 4.90 Å². The summed E-state index contributed by atoms with van der Waals surface area (Å²) in [5, 5.41) is 15.6. The first-order valence-electron chi connectivity index (χ1n) is 5.62. The molecule has 0 radical (unpaired) electrons. The van der Waals surface area contributed by atoms with Crippen molar-refractivity contribution in [3.63, 3.8) is 0 Å². The number of nitriles is 1. The lowest BCUT2D eigenvalue weighted by atomic mass is 10.1. The molecule has 1 atom stereocenters. The van der Waals surface area contributed by atoms with Crippen molar-refractivity contribution >= 4 is 10.0 Å². The molecule has 0 spiro atoms. The van der Waals surface area contributed by atoms with E-state index in [9.17, 15) is 8.42 Å². The van der Waals surface area contributed by atoms with E-state index in [2.05, 4.69) is 10.2 Å². The van der Waals surface area contributed by atoms with Crippen LogP contribution < -0.4 is 0 Å². The summed E-state index contributed by atoms with van der Waals surface area (Å²) in [6, 6.07) is 1.33. The lowest BCUT2D eigenvalue weighted by molar-refractivity contribution is 0.352. The first-order chi connectivity index (χ1) is 8.23. The van der Waals surface area contributed by atoms with Crippen LogP contribution in [-0.4, -0.2) is 36.0 Å². The number of sulfonamides is 1. The summed E-state index contributed by atoms with van der Waals surface area (Å²) in [5.41, 5.74) is 0.902. The molecule has 0 amide bonds. The normalized spacial score (nSPS) is 13.9. The summed E-state index contributed by atoms with van der Waals surface area (Å²) >= 11 is 0. The van der Waals surface area contributed by atoms with Crippen molar-refractivity contribution in [3.8, 4) is 6.07 Å². The van der Waals surface area contributed by atoms with Crippen molar-refractivity contribution in [1.82, 2.24) is 14.5 Å². The van der Waals surface area contributed by atoms with E-state index < -0.39 is 16.1 Å². The van der Waals surface area contributed by atoms with E-state index in [1.807, 2.05) is 19.9 Å². The monoisotopic (exact) mass is 270 g/mol. The van der Waals surface area contributed by atoms with Crippen LogP contribution in [0.3, 0.4) is 0 Å². The largest absolute Gasteiger partial charge is 0.281 e. The number of hydrogen-bond acceptors (Lipinski definition) is 4. The lowest BCUT2D eigenvalue weighted by Crippen LogP contribution is -2.39. The van der Waals surface area contributed by atoms with E-state index in [0.29, 0.717) is 11.4 Å². The van der Waals surface area contributed by atoms with Crippen molar-refractivity contribution in [1.29, 1.82) is 5.26 Å². The average molecular weight is 270 g/mol. The number of hydrogen-bond donors (Lipinski definition) is 1. The predicted molar refractivity (Wildman–Crippen MR) is 67.2 cm³/mol. The highest BCUT2D eigenvalue weighted by molar-refractivity contribution is 7.89. The molecule has 0 aliphatic rings. The second kappa shape index (κ2) is 5.08. The number of aromatic amines is 1. The number of aromatic nitrogens is 2. The molecule has 1 unspecified atom stereocenters. The van der Waals surface area contributed by atoms with E-state index in [-0.39, 0.29) is 10.8 Å². The Bertz CT molecular complexity index is 549. The van der Waals surface area contributed by atoms with Crippen molar-refractivity contribution < 1.29 is 8.42 Å². The summed E-state index contributed by atoms with van der Waals surface area (Å²) in [7, 11) is -2.27. The molecule has 6 nitrogen and oxygen atoms in total. The minimum Gasteiger partial charge on any atom is -0.281 e. The first-order valence-corrected chi connectivity index (χ1v) is 7.06. The van der Waals surface area contributed by atoms with Crippen LogP contribution in [0.4, 0.5) is 0 Å². The van der Waals surface area contributed by atoms with Crippen molar-refractivity contribution in [3.05, 3.63) is 11.4 Å². The number of H-pyrrole nitrogens is 1. The van der Waals surface area contributed by atoms with Crippen LogP contribution in [0.5, 0.6) is 0 Å². The molecule has 100 valence electrons. The van der Waals surface area contributed by atoms with Crippen LogP contribution in [0.25, 0.3) is 0 Å². The third-order valence-corrected chi connectivity index (χ3v) is 4.96. The SMILES string of the molecule is Cc1n[nH]c(C)c1S(=O)(=O)N(C)C(C#N)C(C)C. The smallest absolute Gasteiger partial charge is 0.247 e. The van der Waals surface area contributed by atoms with E-state index in [1.54, 1.807) is 13.8 Å². The van der Waals surface area contributed by atoms with Crippen LogP contribution in [0.2, 0.25) is 0 Å². The molecule has 7 heteroatoms. The highest BCUT2D eigenvalue weighted by Crippen LogP contribution is 2.23. The van der Waals surface area contributed by atoms with Gasteiger partial charge in [-0.1, -0.05) is 13.8 Å². The Morgan fingerprint density at radius 3 is 2.28 bits per heavy atom. The highest BCUT2D eigenvalue weighted by atomic mass is 32.2. The maximum absolute atomic E-state index is 12.5. The third-order valence-electron chi connectivity index (χ3n) is 2.85. The molecule has 0 saturated carbocycles. The second-order valence-electron chi connectivity index (χ2n) is 4.60. The molecular weight excluding hydrogens is 252 g/mol. The van der Waals surface area contributed by atoms with Crippen molar-refractivity contribution in [2.75, 3.05) is 7.05 Å². The van der Waals surface area contributed by atoms with Gasteiger partial charge < -0.3 is 0 Å². The topological polar surface area (TPSA) is 89.8 Å². The van der Waals surface area contributed by atoms with Gasteiger partial charge in [-0.05, 0) is 19.8 Å². The minimum atomic E-state index is -3.70. The van der Waals surface area contributed by atoms with Crippen LogP contribution >= 0.6 is 0 Å². The molecule has 0 aromatic carbocycles. The Labute approximate surface area is 108 Å². The standard InChI is InChI=1S/C11H18N4O2S/c1-7(2)10(6-12)15(5)18(16,17)11-8(3)13-14-9(11)4/h7,10H,1-5H3,(H,13,14). The molecular formula is C11H18N4O2S. The van der Waals surface area contributed by atoms with Gasteiger partial charge in [0.25, 0.3) is 0 Å². The zero-order valence-electron chi connectivity index (χ0n) is 11.2. The maximum atomic E-state index is 12.5. The van der Waals surface area contributed by atoms with E-state index in [0.717, 1.165) is 4.31 Å². The van der Waals surface area contributed by atoms with Gasteiger partial charge in [0.15, 0.2) is 0 Å². The summed E-state index contributed by atoms with van der Waals surface area (Å²) in [6.07, 6.45) is 0. The number of rotatable bonds is 4. The Hall–Kier alpha value is -1.39. The van der Waals surface area contributed by atoms with Gasteiger partial charge in [-0.3, -0.25) is 5.10 Å². The van der Waals surface area contributed by atoms with E-state index in [1.165, 1.54) is 7.05 Å². The molecule has 0 aliphatic carbocycles. The molecule has 18 heavy (non-hydrogen) atoms. The van der Waals surface area contributed by atoms with Gasteiger partial charge in [-0.2, -0.15) is 14.7 Å². The summed E-state index contributed by atoms with van der Waals surface area (Å²) in [6.45, 7) is 6.91. The zero-order valence-corrected chi connectivity index (χ0v) is 12.0. The Kier molecular flexibility index (Phi) is 4.14. The Morgan fingerprint density at radius 1 is 1.39 bits per heavy atom. The van der Waals surface area contributed by atoms with Gasteiger partial charge in [0.1, 0.15) is 10.9 Å². The molecule has 1 aromatic heterocycles. The fourth-order valence-corrected chi connectivity index (χ4v) is 3.59. The number of nitrogens with one attached hydrogen (secondary N) is 1. The predicted octanol–water partition coefficient (Wildman–Crippen LogP) is 1.20. The Balaban J connectivity index is 3.28. The number of nitrogens with zero attached hydrogens (tertiary/aromatic N) is 3. The van der Waals surface area contributed by atoms with Crippen LogP contribution in [-0.2, 0) is 10.0 Å². The highest BCUT2D eigenvalue weighted by Gasteiger charge is 2.33. The van der Waals surface area contributed by atoms with E-state index in [4.69, 9.17) is 5.26 Å². The summed E-state index contributed by atoms with van der Waals surface area (Å²) < 4.78 is 26.0. The Morgan fingerprint density at radius 2 is 1.94 bits per heavy atom. The van der Waals surface area contributed by atoms with E-state index >= 15 is 0 Å². The second-order valence-corrected chi connectivity index (χ2v) is 6.54. The molecule has 0 fully saturated rings. The zero-order chi connectivity index (χ0) is 14.1. The van der Waals surface area contributed by atoms with Crippen LogP contribution in [0, 0.1) is 31.1 Å². The van der Waals surface area contributed by atoms with Gasteiger partial charge in [-0.15, -0.1) is 0 Å². The van der Waals surface area contributed by atoms with Crippen molar-refractivity contribution in [2.45, 2.75) is 38.6 Å².